The van der Waals surface area contributed by atoms with E-state index in [1.165, 1.54) is 31.2 Å². The number of rotatable bonds is 8. The van der Waals surface area contributed by atoms with Gasteiger partial charge in [-0.3, -0.25) is 0 Å². The molecule has 3 heteroatoms. The summed E-state index contributed by atoms with van der Waals surface area (Å²) >= 11 is 6.08. The van der Waals surface area contributed by atoms with Gasteiger partial charge in [0, 0.05) is 11.1 Å². The Kier molecular flexibility index (Phi) is 5.53. The highest BCUT2D eigenvalue weighted by Crippen LogP contribution is 2.35. The number of hydrogen-bond donors (Lipinski definition) is 1. The van der Waals surface area contributed by atoms with Gasteiger partial charge in [0.1, 0.15) is 5.75 Å². The Balaban J connectivity index is 1.94. The summed E-state index contributed by atoms with van der Waals surface area (Å²) in [4.78, 5) is 0. The quantitative estimate of drug-likeness (QED) is 0.776. The summed E-state index contributed by atoms with van der Waals surface area (Å²) in [6.45, 7) is 3.34. The van der Waals surface area contributed by atoms with E-state index >= 15 is 0 Å². The molecule has 1 saturated carbocycles. The molecular formula is C16H24ClNO. The van der Waals surface area contributed by atoms with E-state index in [0.717, 1.165) is 29.7 Å². The largest absolute Gasteiger partial charge is 0.496 e. The van der Waals surface area contributed by atoms with Crippen LogP contribution in [-0.2, 0) is 6.42 Å². The first-order chi connectivity index (χ1) is 9.24. The van der Waals surface area contributed by atoms with Crippen molar-refractivity contribution in [2.24, 2.45) is 5.92 Å². The Hall–Kier alpha value is -0.730. The second-order valence-corrected chi connectivity index (χ2v) is 5.83. The Bertz CT molecular complexity index is 404. The molecule has 0 bridgehead atoms. The molecule has 1 atom stereocenters. The molecule has 1 aromatic carbocycles. The molecule has 1 aliphatic rings. The van der Waals surface area contributed by atoms with Crippen molar-refractivity contribution in [3.63, 3.8) is 0 Å². The van der Waals surface area contributed by atoms with Crippen LogP contribution in [0.5, 0.6) is 5.75 Å². The van der Waals surface area contributed by atoms with Gasteiger partial charge in [0.05, 0.1) is 7.11 Å². The first kappa shape index (κ1) is 14.7. The maximum atomic E-state index is 6.08. The van der Waals surface area contributed by atoms with Gasteiger partial charge in [-0.1, -0.05) is 18.5 Å². The molecule has 1 aromatic rings. The second-order valence-electron chi connectivity index (χ2n) is 5.39. The molecule has 0 aliphatic heterocycles. The van der Waals surface area contributed by atoms with Crippen LogP contribution in [0.4, 0.5) is 0 Å². The lowest BCUT2D eigenvalue weighted by atomic mass is 10.0. The fourth-order valence-electron chi connectivity index (χ4n) is 2.59. The molecule has 106 valence electrons. The molecule has 1 N–H and O–H groups in total. The predicted octanol–water partition coefficient (Wildman–Crippen LogP) is 4.06. The fraction of sp³-hybridized carbons (Fsp3) is 0.625. The summed E-state index contributed by atoms with van der Waals surface area (Å²) in [6, 6.07) is 6.54. The summed E-state index contributed by atoms with van der Waals surface area (Å²) in [5, 5.41) is 4.47. The van der Waals surface area contributed by atoms with Gasteiger partial charge in [-0.25, -0.2) is 0 Å². The zero-order valence-corrected chi connectivity index (χ0v) is 12.7. The van der Waals surface area contributed by atoms with Gasteiger partial charge in [-0.15, -0.1) is 0 Å². The van der Waals surface area contributed by atoms with Crippen LogP contribution in [0, 0.1) is 5.92 Å². The molecule has 1 aliphatic carbocycles. The van der Waals surface area contributed by atoms with Crippen molar-refractivity contribution in [1.29, 1.82) is 0 Å². The van der Waals surface area contributed by atoms with E-state index in [1.54, 1.807) is 7.11 Å². The van der Waals surface area contributed by atoms with E-state index in [1.807, 2.05) is 18.2 Å². The van der Waals surface area contributed by atoms with Gasteiger partial charge in [0.15, 0.2) is 0 Å². The van der Waals surface area contributed by atoms with Gasteiger partial charge in [0.25, 0.3) is 0 Å². The predicted molar refractivity (Wildman–Crippen MR) is 81.1 cm³/mol. The van der Waals surface area contributed by atoms with Gasteiger partial charge in [0.2, 0.25) is 0 Å². The number of ether oxygens (including phenoxy) is 1. The van der Waals surface area contributed by atoms with Crippen LogP contribution in [0.25, 0.3) is 0 Å². The highest BCUT2D eigenvalue weighted by Gasteiger charge is 2.30. The number of benzene rings is 1. The van der Waals surface area contributed by atoms with Crippen LogP contribution in [0.2, 0.25) is 5.02 Å². The number of hydrogen-bond acceptors (Lipinski definition) is 2. The van der Waals surface area contributed by atoms with E-state index in [2.05, 4.69) is 12.2 Å². The van der Waals surface area contributed by atoms with Crippen LogP contribution in [-0.4, -0.2) is 19.7 Å². The van der Waals surface area contributed by atoms with Crippen molar-refractivity contribution in [3.05, 3.63) is 28.8 Å². The summed E-state index contributed by atoms with van der Waals surface area (Å²) in [7, 11) is 1.72. The van der Waals surface area contributed by atoms with Crippen molar-refractivity contribution in [2.75, 3.05) is 13.7 Å². The van der Waals surface area contributed by atoms with Crippen LogP contribution in [0.1, 0.15) is 38.2 Å². The van der Waals surface area contributed by atoms with Crippen molar-refractivity contribution in [3.8, 4) is 5.75 Å². The molecule has 1 fully saturated rings. The molecule has 0 heterocycles. The minimum atomic E-state index is 0.656. The molecule has 0 radical (unpaired) electrons. The Morgan fingerprint density at radius 3 is 2.84 bits per heavy atom. The van der Waals surface area contributed by atoms with Gasteiger partial charge < -0.3 is 10.1 Å². The average Bonchev–Trinajstić information content (AvgIpc) is 3.23. The normalized spacial score (nSPS) is 16.4. The van der Waals surface area contributed by atoms with Gasteiger partial charge in [-0.2, -0.15) is 0 Å². The lowest BCUT2D eigenvalue weighted by Crippen LogP contribution is -2.32. The summed E-state index contributed by atoms with van der Waals surface area (Å²) < 4.78 is 5.41. The molecule has 2 rings (SSSR count). The van der Waals surface area contributed by atoms with E-state index in [4.69, 9.17) is 16.3 Å². The smallest absolute Gasteiger partial charge is 0.122 e. The van der Waals surface area contributed by atoms with Crippen molar-refractivity contribution >= 4 is 11.6 Å². The first-order valence-corrected chi connectivity index (χ1v) is 7.68. The minimum Gasteiger partial charge on any atom is -0.496 e. The molecule has 0 amide bonds. The highest BCUT2D eigenvalue weighted by atomic mass is 35.5. The highest BCUT2D eigenvalue weighted by molar-refractivity contribution is 6.30. The molecule has 0 saturated heterocycles. The lowest BCUT2D eigenvalue weighted by molar-refractivity contribution is 0.401. The van der Waals surface area contributed by atoms with E-state index in [-0.39, 0.29) is 0 Å². The Morgan fingerprint density at radius 1 is 1.42 bits per heavy atom. The molecule has 19 heavy (non-hydrogen) atoms. The minimum absolute atomic E-state index is 0.656. The van der Waals surface area contributed by atoms with Crippen LogP contribution >= 0.6 is 11.6 Å². The first-order valence-electron chi connectivity index (χ1n) is 7.30. The van der Waals surface area contributed by atoms with Crippen LogP contribution in [0.3, 0.4) is 0 Å². The van der Waals surface area contributed by atoms with E-state index in [0.29, 0.717) is 6.04 Å². The van der Waals surface area contributed by atoms with Gasteiger partial charge >= 0.3 is 0 Å². The van der Waals surface area contributed by atoms with Gasteiger partial charge in [-0.05, 0) is 68.3 Å². The molecule has 1 unspecified atom stereocenters. The van der Waals surface area contributed by atoms with E-state index in [9.17, 15) is 0 Å². The SMILES string of the molecule is CCCNC(CCc1cc(Cl)ccc1OC)C1CC1. The molecule has 2 nitrogen and oxygen atoms in total. The summed E-state index contributed by atoms with van der Waals surface area (Å²) in [5.74, 6) is 1.84. The second kappa shape index (κ2) is 7.16. The zero-order chi connectivity index (χ0) is 13.7. The number of halogens is 1. The fourth-order valence-corrected chi connectivity index (χ4v) is 2.78. The third-order valence-corrected chi connectivity index (χ3v) is 4.05. The standard InChI is InChI=1S/C16H24ClNO/c1-3-10-18-15(12-4-5-12)8-6-13-11-14(17)7-9-16(13)19-2/h7,9,11-12,15,18H,3-6,8,10H2,1-2H3. The number of aryl methyl sites for hydroxylation is 1. The zero-order valence-electron chi connectivity index (χ0n) is 11.9. The van der Waals surface area contributed by atoms with Crippen molar-refractivity contribution in [1.82, 2.24) is 5.32 Å². The topological polar surface area (TPSA) is 21.3 Å². The number of nitrogens with one attached hydrogen (secondary N) is 1. The lowest BCUT2D eigenvalue weighted by Gasteiger charge is -2.18. The van der Waals surface area contributed by atoms with Crippen LogP contribution in [0.15, 0.2) is 18.2 Å². The third-order valence-electron chi connectivity index (χ3n) is 3.81. The maximum absolute atomic E-state index is 6.08. The monoisotopic (exact) mass is 281 g/mol. The summed E-state index contributed by atoms with van der Waals surface area (Å²) in [5.41, 5.74) is 1.22. The maximum Gasteiger partial charge on any atom is 0.122 e. The van der Waals surface area contributed by atoms with Crippen molar-refractivity contribution < 1.29 is 4.74 Å². The van der Waals surface area contributed by atoms with Crippen LogP contribution < -0.4 is 10.1 Å². The third kappa shape index (κ3) is 4.39. The van der Waals surface area contributed by atoms with E-state index < -0.39 is 0 Å². The summed E-state index contributed by atoms with van der Waals surface area (Å²) in [6.07, 6.45) is 6.16. The van der Waals surface area contributed by atoms with Crippen molar-refractivity contribution in [2.45, 2.75) is 45.1 Å². The number of methoxy groups -OCH3 is 1. The average molecular weight is 282 g/mol. The Labute approximate surface area is 121 Å². The Morgan fingerprint density at radius 2 is 2.21 bits per heavy atom. The molecule has 0 aromatic heterocycles. The molecule has 0 spiro atoms. The molecular weight excluding hydrogens is 258 g/mol.